The van der Waals surface area contributed by atoms with Gasteiger partial charge in [0.2, 0.25) is 0 Å². The molecule has 0 N–H and O–H groups in total. The topological polar surface area (TPSA) is 17.1 Å². The molecule has 0 amide bonds. The van der Waals surface area contributed by atoms with Gasteiger partial charge in [0.05, 0.1) is 0 Å². The Morgan fingerprint density at radius 1 is 1.25 bits per heavy atom. The highest BCUT2D eigenvalue weighted by Gasteiger charge is 1.88. The van der Waals surface area contributed by atoms with E-state index in [1.165, 1.54) is 5.56 Å². The summed E-state index contributed by atoms with van der Waals surface area (Å²) < 4.78 is 0. The molecular formula is C11H12O. The monoisotopic (exact) mass is 160 g/mol. The van der Waals surface area contributed by atoms with Crippen LogP contribution in [-0.2, 0) is 4.79 Å². The predicted molar refractivity (Wildman–Crippen MR) is 50.9 cm³/mol. The Hall–Kier alpha value is -1.37. The van der Waals surface area contributed by atoms with Gasteiger partial charge in [-0.15, -0.1) is 0 Å². The van der Waals surface area contributed by atoms with Gasteiger partial charge in [0, 0.05) is 0 Å². The van der Waals surface area contributed by atoms with Crippen LogP contribution in [0.4, 0.5) is 0 Å². The van der Waals surface area contributed by atoms with Crippen molar-refractivity contribution in [2.75, 3.05) is 0 Å². The van der Waals surface area contributed by atoms with Gasteiger partial charge < -0.3 is 0 Å². The number of carbonyl (C=O) groups excluding carboxylic acids is 1. The minimum Gasteiger partial charge on any atom is -0.298 e. The number of hydrogen-bond donors (Lipinski definition) is 0. The normalized spacial score (nSPS) is 11.3. The Kier molecular flexibility index (Phi) is 2.81. The first kappa shape index (κ1) is 8.72. The first-order valence-corrected chi connectivity index (χ1v) is 3.92. The number of carbonyl (C=O) groups is 1. The fraction of sp³-hybridized carbons (Fsp3) is 0.182. The van der Waals surface area contributed by atoms with Gasteiger partial charge in [0.25, 0.3) is 0 Å². The van der Waals surface area contributed by atoms with Crippen molar-refractivity contribution in [2.24, 2.45) is 0 Å². The van der Waals surface area contributed by atoms with Crippen molar-refractivity contribution in [3.05, 3.63) is 41.0 Å². The number of allylic oxidation sites excluding steroid dienone is 1. The zero-order valence-corrected chi connectivity index (χ0v) is 7.37. The molecule has 0 spiro atoms. The van der Waals surface area contributed by atoms with Crippen molar-refractivity contribution in [3.8, 4) is 0 Å². The number of aldehydes is 1. The van der Waals surface area contributed by atoms with E-state index in [2.05, 4.69) is 0 Å². The van der Waals surface area contributed by atoms with Crippen LogP contribution in [0.25, 0.3) is 6.08 Å². The molecule has 0 fully saturated rings. The second kappa shape index (κ2) is 3.86. The summed E-state index contributed by atoms with van der Waals surface area (Å²) in [5.41, 5.74) is 3.06. The number of hydrogen-bond acceptors (Lipinski definition) is 1. The molecule has 0 saturated carbocycles. The molecular weight excluding hydrogens is 148 g/mol. The van der Waals surface area contributed by atoms with Crippen LogP contribution in [0, 0.1) is 6.92 Å². The standard InChI is InChI=1S/C11H12O/c1-9-3-5-11(6-4-9)7-10(2)8-12/h3-8H,1-2H3. The Balaban J connectivity index is 2.91. The highest BCUT2D eigenvalue weighted by atomic mass is 16.1. The third kappa shape index (κ3) is 2.35. The molecule has 0 bridgehead atoms. The van der Waals surface area contributed by atoms with Gasteiger partial charge in [-0.1, -0.05) is 29.8 Å². The van der Waals surface area contributed by atoms with E-state index in [9.17, 15) is 4.79 Å². The molecule has 1 heteroatoms. The Morgan fingerprint density at radius 2 is 1.83 bits per heavy atom. The van der Waals surface area contributed by atoms with Crippen LogP contribution in [0.3, 0.4) is 0 Å². The molecule has 0 atom stereocenters. The van der Waals surface area contributed by atoms with Crippen LogP contribution >= 0.6 is 0 Å². The van der Waals surface area contributed by atoms with Gasteiger partial charge in [-0.25, -0.2) is 0 Å². The Bertz CT molecular complexity index is 293. The zero-order valence-electron chi connectivity index (χ0n) is 7.37. The van der Waals surface area contributed by atoms with Crippen LogP contribution in [-0.4, -0.2) is 6.29 Å². The summed E-state index contributed by atoms with van der Waals surface area (Å²) in [6.45, 7) is 3.84. The molecule has 0 aliphatic rings. The summed E-state index contributed by atoms with van der Waals surface area (Å²) in [5.74, 6) is 0. The van der Waals surface area contributed by atoms with Crippen molar-refractivity contribution < 1.29 is 4.79 Å². The summed E-state index contributed by atoms with van der Waals surface area (Å²) in [7, 11) is 0. The largest absolute Gasteiger partial charge is 0.298 e. The van der Waals surface area contributed by atoms with Gasteiger partial charge in [-0.3, -0.25) is 4.79 Å². The Morgan fingerprint density at radius 3 is 2.33 bits per heavy atom. The fourth-order valence-electron chi connectivity index (χ4n) is 0.960. The summed E-state index contributed by atoms with van der Waals surface area (Å²) in [4.78, 5) is 10.3. The molecule has 1 aromatic rings. The Labute approximate surface area is 72.7 Å². The number of benzene rings is 1. The first-order valence-electron chi connectivity index (χ1n) is 3.92. The molecule has 0 unspecified atom stereocenters. The molecule has 1 aromatic carbocycles. The van der Waals surface area contributed by atoms with Gasteiger partial charge in [-0.05, 0) is 31.1 Å². The first-order chi connectivity index (χ1) is 5.72. The maximum atomic E-state index is 10.3. The summed E-state index contributed by atoms with van der Waals surface area (Å²) in [5, 5.41) is 0. The van der Waals surface area contributed by atoms with E-state index in [0.717, 1.165) is 17.4 Å². The molecule has 0 aliphatic carbocycles. The molecule has 0 aromatic heterocycles. The zero-order chi connectivity index (χ0) is 8.97. The predicted octanol–water partition coefficient (Wildman–Crippen LogP) is 2.60. The fourth-order valence-corrected chi connectivity index (χ4v) is 0.960. The lowest BCUT2D eigenvalue weighted by molar-refractivity contribution is -0.104. The highest BCUT2D eigenvalue weighted by molar-refractivity contribution is 5.80. The lowest BCUT2D eigenvalue weighted by atomic mass is 10.1. The third-order valence-electron chi connectivity index (χ3n) is 1.66. The SMILES string of the molecule is CC(C=O)=Cc1ccc(C)cc1. The van der Waals surface area contributed by atoms with Crippen molar-refractivity contribution in [3.63, 3.8) is 0 Å². The quantitative estimate of drug-likeness (QED) is 0.480. The van der Waals surface area contributed by atoms with Crippen molar-refractivity contribution in [1.29, 1.82) is 0 Å². The van der Waals surface area contributed by atoms with E-state index in [1.54, 1.807) is 6.92 Å². The minimum atomic E-state index is 0.749. The van der Waals surface area contributed by atoms with E-state index in [0.29, 0.717) is 0 Å². The van der Waals surface area contributed by atoms with E-state index in [4.69, 9.17) is 0 Å². The van der Waals surface area contributed by atoms with E-state index in [-0.39, 0.29) is 0 Å². The van der Waals surface area contributed by atoms with Crippen LogP contribution in [0.2, 0.25) is 0 Å². The van der Waals surface area contributed by atoms with Crippen molar-refractivity contribution >= 4 is 12.4 Å². The van der Waals surface area contributed by atoms with E-state index >= 15 is 0 Å². The maximum Gasteiger partial charge on any atom is 0.145 e. The summed E-state index contributed by atoms with van der Waals surface area (Å²) in [6, 6.07) is 8.07. The van der Waals surface area contributed by atoms with E-state index < -0.39 is 0 Å². The average Bonchev–Trinajstić information content (AvgIpc) is 2.09. The van der Waals surface area contributed by atoms with Gasteiger partial charge in [0.1, 0.15) is 6.29 Å². The van der Waals surface area contributed by atoms with Crippen LogP contribution < -0.4 is 0 Å². The minimum absolute atomic E-state index is 0.749. The van der Waals surface area contributed by atoms with Gasteiger partial charge >= 0.3 is 0 Å². The van der Waals surface area contributed by atoms with Crippen LogP contribution in [0.1, 0.15) is 18.1 Å². The molecule has 1 rings (SSSR count). The molecule has 12 heavy (non-hydrogen) atoms. The average molecular weight is 160 g/mol. The second-order valence-electron chi connectivity index (χ2n) is 2.92. The summed E-state index contributed by atoms with van der Waals surface area (Å²) in [6.07, 6.45) is 2.73. The summed E-state index contributed by atoms with van der Waals surface area (Å²) >= 11 is 0. The third-order valence-corrected chi connectivity index (χ3v) is 1.66. The maximum absolute atomic E-state index is 10.3. The smallest absolute Gasteiger partial charge is 0.145 e. The highest BCUT2D eigenvalue weighted by Crippen LogP contribution is 2.06. The lowest BCUT2D eigenvalue weighted by Crippen LogP contribution is -1.78. The molecule has 1 nitrogen and oxygen atoms in total. The molecule has 0 saturated heterocycles. The number of aryl methyl sites for hydroxylation is 1. The van der Waals surface area contributed by atoms with E-state index in [1.807, 2.05) is 37.3 Å². The van der Waals surface area contributed by atoms with Crippen molar-refractivity contribution in [2.45, 2.75) is 13.8 Å². The molecule has 0 heterocycles. The lowest BCUT2D eigenvalue weighted by Gasteiger charge is -1.94. The van der Waals surface area contributed by atoms with Gasteiger partial charge in [-0.2, -0.15) is 0 Å². The molecule has 62 valence electrons. The second-order valence-corrected chi connectivity index (χ2v) is 2.92. The van der Waals surface area contributed by atoms with Crippen molar-refractivity contribution in [1.82, 2.24) is 0 Å². The van der Waals surface area contributed by atoms with Crippen LogP contribution in [0.5, 0.6) is 0 Å². The molecule has 0 radical (unpaired) electrons. The number of rotatable bonds is 2. The molecule has 0 aliphatic heterocycles. The van der Waals surface area contributed by atoms with Crippen LogP contribution in [0.15, 0.2) is 29.8 Å². The van der Waals surface area contributed by atoms with Gasteiger partial charge in [0.15, 0.2) is 0 Å².